The number of likely N-dealkylation sites (tertiary alicyclic amines) is 1. The average Bonchev–Trinajstić information content (AvgIpc) is 3.06. The highest BCUT2D eigenvalue weighted by atomic mass is 127. The number of aliphatic imine (C=N–C) groups is 1. The van der Waals surface area contributed by atoms with Gasteiger partial charge < -0.3 is 20.4 Å². The summed E-state index contributed by atoms with van der Waals surface area (Å²) in [6.07, 6.45) is 7.19. The van der Waals surface area contributed by atoms with Gasteiger partial charge >= 0.3 is 0 Å². The Kier molecular flexibility index (Phi) is 11.6. The van der Waals surface area contributed by atoms with Crippen molar-refractivity contribution in [2.75, 3.05) is 58.8 Å². The van der Waals surface area contributed by atoms with Gasteiger partial charge in [0.05, 0.1) is 24.5 Å². The monoisotopic (exact) mass is 555 g/mol. The van der Waals surface area contributed by atoms with Gasteiger partial charge in [-0.25, -0.2) is 8.42 Å². The molecule has 0 aliphatic carbocycles. The van der Waals surface area contributed by atoms with Crippen LogP contribution in [-0.4, -0.2) is 98.8 Å². The van der Waals surface area contributed by atoms with Crippen LogP contribution >= 0.6 is 24.0 Å². The molecule has 2 heterocycles. The molecule has 9 nitrogen and oxygen atoms in total. The normalized spacial score (nSPS) is 17.6. The van der Waals surface area contributed by atoms with Crippen molar-refractivity contribution >= 4 is 39.8 Å². The Bertz CT molecular complexity index is 759. The molecule has 0 saturated carbocycles. The molecular formula is C19H38IN7O2S. The molecule has 0 aromatic carbocycles. The van der Waals surface area contributed by atoms with Crippen molar-refractivity contribution in [2.45, 2.75) is 31.8 Å². The molecule has 30 heavy (non-hydrogen) atoms. The van der Waals surface area contributed by atoms with Gasteiger partial charge in [-0.05, 0) is 33.9 Å². The van der Waals surface area contributed by atoms with Crippen LogP contribution in [0.15, 0.2) is 17.4 Å². The SMILES string of the molecule is CCNC(=NCC(c1cnn(C)c1)N(C)C)NC1CCN(CCS(C)(=O)=O)CC1.I. The zero-order valence-electron chi connectivity index (χ0n) is 18.8. The van der Waals surface area contributed by atoms with E-state index in [-0.39, 0.29) is 35.8 Å². The Morgan fingerprint density at radius 1 is 1.37 bits per heavy atom. The van der Waals surface area contributed by atoms with Crippen LogP contribution in [0, 0.1) is 0 Å². The van der Waals surface area contributed by atoms with Gasteiger partial charge in [-0.15, -0.1) is 24.0 Å². The number of guanidine groups is 1. The summed E-state index contributed by atoms with van der Waals surface area (Å²) < 4.78 is 24.5. The predicted octanol–water partition coefficient (Wildman–Crippen LogP) is 0.705. The topological polar surface area (TPSA) is 94.9 Å². The second-order valence-electron chi connectivity index (χ2n) is 8.04. The fourth-order valence-electron chi connectivity index (χ4n) is 3.47. The molecule has 11 heteroatoms. The number of nitrogens with zero attached hydrogens (tertiary/aromatic N) is 5. The molecule has 1 saturated heterocycles. The standard InChI is InChI=1S/C19H37N7O2S.HI/c1-6-20-19(21-14-18(24(2)3)16-13-22-25(4)15-16)23-17-7-9-26(10-8-17)11-12-29(5,27)28;/h13,15,17-18H,6-12,14H2,1-5H3,(H2,20,21,23);1H. The van der Waals surface area contributed by atoms with Gasteiger partial charge in [0.15, 0.2) is 5.96 Å². The molecule has 0 radical (unpaired) electrons. The summed E-state index contributed by atoms with van der Waals surface area (Å²) in [5, 5.41) is 11.2. The van der Waals surface area contributed by atoms with Crippen LogP contribution in [0.5, 0.6) is 0 Å². The van der Waals surface area contributed by atoms with Gasteiger partial charge in [0.25, 0.3) is 0 Å². The number of nitrogens with one attached hydrogen (secondary N) is 2. The molecule has 0 bridgehead atoms. The fraction of sp³-hybridized carbons (Fsp3) is 0.789. The number of aryl methyl sites for hydroxylation is 1. The number of hydrogen-bond acceptors (Lipinski definition) is 6. The summed E-state index contributed by atoms with van der Waals surface area (Å²) >= 11 is 0. The summed E-state index contributed by atoms with van der Waals surface area (Å²) in [4.78, 5) is 9.21. The number of hydrogen-bond donors (Lipinski definition) is 2. The van der Waals surface area contributed by atoms with Gasteiger partial charge in [0.1, 0.15) is 9.84 Å². The van der Waals surface area contributed by atoms with Crippen molar-refractivity contribution in [3.63, 3.8) is 0 Å². The van der Waals surface area contributed by atoms with E-state index in [2.05, 4.69) is 46.6 Å². The van der Waals surface area contributed by atoms with Crippen LogP contribution in [0.2, 0.25) is 0 Å². The Morgan fingerprint density at radius 2 is 2.03 bits per heavy atom. The van der Waals surface area contributed by atoms with Gasteiger partial charge in [-0.3, -0.25) is 9.67 Å². The number of rotatable bonds is 9. The molecular weight excluding hydrogens is 517 g/mol. The molecule has 1 aliphatic heterocycles. The van der Waals surface area contributed by atoms with Crippen molar-refractivity contribution in [3.8, 4) is 0 Å². The van der Waals surface area contributed by atoms with E-state index in [1.165, 1.54) is 6.26 Å². The fourth-order valence-corrected chi connectivity index (χ4v) is 4.06. The number of aromatic nitrogens is 2. The first-order valence-corrected chi connectivity index (χ1v) is 12.3. The Morgan fingerprint density at radius 3 is 2.53 bits per heavy atom. The molecule has 0 spiro atoms. The molecule has 1 aromatic heterocycles. The average molecular weight is 556 g/mol. The van der Waals surface area contributed by atoms with Crippen molar-refractivity contribution in [3.05, 3.63) is 18.0 Å². The summed E-state index contributed by atoms with van der Waals surface area (Å²) in [5.41, 5.74) is 1.15. The maximum atomic E-state index is 11.4. The highest BCUT2D eigenvalue weighted by Gasteiger charge is 2.21. The first-order valence-electron chi connectivity index (χ1n) is 10.3. The molecule has 2 N–H and O–H groups in total. The van der Waals surface area contributed by atoms with Crippen LogP contribution in [0.3, 0.4) is 0 Å². The lowest BCUT2D eigenvalue weighted by Gasteiger charge is -2.33. The Hall–Kier alpha value is -0.920. The third-order valence-corrected chi connectivity index (χ3v) is 6.13. The molecule has 1 aromatic rings. The van der Waals surface area contributed by atoms with E-state index in [1.54, 1.807) is 0 Å². The van der Waals surface area contributed by atoms with Crippen LogP contribution < -0.4 is 10.6 Å². The van der Waals surface area contributed by atoms with Crippen molar-refractivity contribution in [2.24, 2.45) is 12.0 Å². The zero-order chi connectivity index (χ0) is 21.4. The predicted molar refractivity (Wildman–Crippen MR) is 133 cm³/mol. The van der Waals surface area contributed by atoms with E-state index in [0.29, 0.717) is 19.1 Å². The maximum Gasteiger partial charge on any atom is 0.191 e. The van der Waals surface area contributed by atoms with Gasteiger partial charge in [-0.2, -0.15) is 5.10 Å². The smallest absolute Gasteiger partial charge is 0.191 e. The quantitative estimate of drug-likeness (QED) is 0.263. The van der Waals surface area contributed by atoms with Gasteiger partial charge in [0, 0.05) is 57.3 Å². The van der Waals surface area contributed by atoms with Crippen LogP contribution in [-0.2, 0) is 16.9 Å². The van der Waals surface area contributed by atoms with Gasteiger partial charge in [0.2, 0.25) is 0 Å². The molecule has 2 rings (SSSR count). The minimum absolute atomic E-state index is 0. The minimum atomic E-state index is -2.90. The zero-order valence-corrected chi connectivity index (χ0v) is 22.0. The lowest BCUT2D eigenvalue weighted by molar-refractivity contribution is 0.216. The first-order chi connectivity index (χ1) is 13.7. The summed E-state index contributed by atoms with van der Waals surface area (Å²) in [5.74, 6) is 1.06. The molecule has 1 aliphatic rings. The van der Waals surface area contributed by atoms with E-state index in [4.69, 9.17) is 4.99 Å². The molecule has 1 fully saturated rings. The third-order valence-electron chi connectivity index (χ3n) is 5.21. The Balaban J connectivity index is 0.00000450. The summed E-state index contributed by atoms with van der Waals surface area (Å²) in [6.45, 7) is 5.94. The Labute approximate surface area is 198 Å². The lowest BCUT2D eigenvalue weighted by Crippen LogP contribution is -2.49. The van der Waals surface area contributed by atoms with Crippen LogP contribution in [0.25, 0.3) is 0 Å². The molecule has 174 valence electrons. The van der Waals surface area contributed by atoms with E-state index >= 15 is 0 Å². The molecule has 1 atom stereocenters. The summed E-state index contributed by atoms with van der Waals surface area (Å²) in [6, 6.07) is 0.510. The van der Waals surface area contributed by atoms with Crippen molar-refractivity contribution in [1.82, 2.24) is 30.2 Å². The minimum Gasteiger partial charge on any atom is -0.357 e. The van der Waals surface area contributed by atoms with Crippen molar-refractivity contribution < 1.29 is 8.42 Å². The third kappa shape index (κ3) is 9.48. The highest BCUT2D eigenvalue weighted by Crippen LogP contribution is 2.17. The van der Waals surface area contributed by atoms with E-state index in [1.807, 2.05) is 24.1 Å². The van der Waals surface area contributed by atoms with Crippen molar-refractivity contribution in [1.29, 1.82) is 0 Å². The number of sulfone groups is 1. The largest absolute Gasteiger partial charge is 0.357 e. The number of piperidine rings is 1. The molecule has 0 amide bonds. The number of halogens is 1. The number of likely N-dealkylation sites (N-methyl/N-ethyl adjacent to an activating group) is 1. The highest BCUT2D eigenvalue weighted by molar-refractivity contribution is 14.0. The van der Waals surface area contributed by atoms with Crippen LogP contribution in [0.4, 0.5) is 0 Å². The van der Waals surface area contributed by atoms with E-state index in [0.717, 1.165) is 44.0 Å². The second kappa shape index (κ2) is 12.8. The molecule has 1 unspecified atom stereocenters. The maximum absolute atomic E-state index is 11.4. The lowest BCUT2D eigenvalue weighted by atomic mass is 10.1. The van der Waals surface area contributed by atoms with Crippen LogP contribution in [0.1, 0.15) is 31.4 Å². The van der Waals surface area contributed by atoms with E-state index < -0.39 is 9.84 Å². The first kappa shape index (κ1) is 27.1. The summed E-state index contributed by atoms with van der Waals surface area (Å²) in [7, 11) is 3.13. The second-order valence-corrected chi connectivity index (χ2v) is 10.3. The van der Waals surface area contributed by atoms with Gasteiger partial charge in [-0.1, -0.05) is 0 Å². The van der Waals surface area contributed by atoms with E-state index in [9.17, 15) is 8.42 Å².